The van der Waals surface area contributed by atoms with Crippen LogP contribution in [0.1, 0.15) is 44.1 Å². The smallest absolute Gasteiger partial charge is 0.0753 e. The normalized spacial score (nSPS) is 27.9. The second-order valence-corrected chi connectivity index (χ2v) is 6.36. The summed E-state index contributed by atoms with van der Waals surface area (Å²) >= 11 is 0. The number of benzene rings is 1. The van der Waals surface area contributed by atoms with Crippen molar-refractivity contribution in [3.8, 4) is 0 Å². The van der Waals surface area contributed by atoms with Crippen LogP contribution in [0, 0.1) is 5.92 Å². The maximum Gasteiger partial charge on any atom is 0.0753 e. The molecule has 1 saturated carbocycles. The minimum absolute atomic E-state index is 0. The molecule has 1 aliphatic carbocycles. The molecule has 2 rings (SSSR count). The minimum Gasteiger partial charge on any atom is -0.389 e. The fourth-order valence-corrected chi connectivity index (χ4v) is 3.62. The number of rotatable bonds is 4. The van der Waals surface area contributed by atoms with E-state index in [1.54, 1.807) is 0 Å². The summed E-state index contributed by atoms with van der Waals surface area (Å²) in [5, 5.41) is 11.3. The minimum atomic E-state index is -0.552. The quantitative estimate of drug-likeness (QED) is 0.916. The summed E-state index contributed by atoms with van der Waals surface area (Å²) in [6.45, 7) is 3.14. The maximum absolute atomic E-state index is 11.3. The van der Waals surface area contributed by atoms with Gasteiger partial charge in [0, 0.05) is 12.5 Å². The zero-order chi connectivity index (χ0) is 13.9. The fraction of sp³-hybridized carbons (Fsp3) is 0.647. The average molecular weight is 298 g/mol. The summed E-state index contributed by atoms with van der Waals surface area (Å²) in [5.74, 6) is 0.588. The van der Waals surface area contributed by atoms with Gasteiger partial charge >= 0.3 is 0 Å². The van der Waals surface area contributed by atoms with E-state index >= 15 is 0 Å². The van der Waals surface area contributed by atoms with Crippen LogP contribution in [0.25, 0.3) is 0 Å². The molecule has 3 atom stereocenters. The first-order chi connectivity index (χ1) is 9.04. The predicted molar refractivity (Wildman–Crippen MR) is 87.6 cm³/mol. The Labute approximate surface area is 129 Å². The standard InChI is InChI=1S/C17H27NO.ClH/c1-14(13-18(2)3)17(19)12-8-7-11-16(17)15-9-5-4-6-10-15;/h4-6,9-10,14,16,19H,7-8,11-13H2,1-3H3;1H. The molecule has 0 aliphatic heterocycles. The molecule has 20 heavy (non-hydrogen) atoms. The molecular weight excluding hydrogens is 270 g/mol. The Morgan fingerprint density at radius 1 is 1.25 bits per heavy atom. The molecule has 3 unspecified atom stereocenters. The summed E-state index contributed by atoms with van der Waals surface area (Å²) in [7, 11) is 4.17. The highest BCUT2D eigenvalue weighted by molar-refractivity contribution is 5.85. The van der Waals surface area contributed by atoms with E-state index in [-0.39, 0.29) is 18.3 Å². The Morgan fingerprint density at radius 2 is 1.90 bits per heavy atom. The number of hydrogen-bond donors (Lipinski definition) is 1. The van der Waals surface area contributed by atoms with Crippen LogP contribution in [-0.2, 0) is 0 Å². The van der Waals surface area contributed by atoms with Gasteiger partial charge in [-0.05, 0) is 38.4 Å². The van der Waals surface area contributed by atoms with Crippen LogP contribution in [0.5, 0.6) is 0 Å². The summed E-state index contributed by atoms with van der Waals surface area (Å²) in [5.41, 5.74) is 0.749. The fourth-order valence-electron chi connectivity index (χ4n) is 3.62. The molecule has 1 N–H and O–H groups in total. The van der Waals surface area contributed by atoms with E-state index in [0.717, 1.165) is 25.8 Å². The van der Waals surface area contributed by atoms with Crippen molar-refractivity contribution in [3.05, 3.63) is 35.9 Å². The Bertz CT molecular complexity index is 395. The molecule has 114 valence electrons. The molecule has 1 aromatic carbocycles. The van der Waals surface area contributed by atoms with Crippen molar-refractivity contribution in [1.82, 2.24) is 4.90 Å². The lowest BCUT2D eigenvalue weighted by Gasteiger charge is -2.45. The topological polar surface area (TPSA) is 23.5 Å². The summed E-state index contributed by atoms with van der Waals surface area (Å²) in [4.78, 5) is 2.18. The zero-order valence-electron chi connectivity index (χ0n) is 12.9. The molecule has 3 heteroatoms. The van der Waals surface area contributed by atoms with Crippen LogP contribution >= 0.6 is 12.4 Å². The van der Waals surface area contributed by atoms with Gasteiger partial charge in [0.25, 0.3) is 0 Å². The molecule has 0 radical (unpaired) electrons. The highest BCUT2D eigenvalue weighted by atomic mass is 35.5. The molecule has 1 aliphatic rings. The SMILES string of the molecule is CC(CN(C)C)C1(O)CCCCC1c1ccccc1.Cl. The zero-order valence-corrected chi connectivity index (χ0v) is 13.7. The highest BCUT2D eigenvalue weighted by Crippen LogP contribution is 2.45. The summed E-state index contributed by atoms with van der Waals surface area (Å²) < 4.78 is 0. The van der Waals surface area contributed by atoms with Gasteiger partial charge in [0.2, 0.25) is 0 Å². The van der Waals surface area contributed by atoms with Gasteiger partial charge in [0.1, 0.15) is 0 Å². The van der Waals surface area contributed by atoms with Crippen molar-refractivity contribution in [2.75, 3.05) is 20.6 Å². The van der Waals surface area contributed by atoms with Crippen molar-refractivity contribution >= 4 is 12.4 Å². The van der Waals surface area contributed by atoms with Crippen LogP contribution in [-0.4, -0.2) is 36.2 Å². The molecule has 1 fully saturated rings. The van der Waals surface area contributed by atoms with E-state index in [0.29, 0.717) is 5.92 Å². The maximum atomic E-state index is 11.3. The second kappa shape index (κ2) is 7.44. The number of aliphatic hydroxyl groups is 1. The Balaban J connectivity index is 0.00000200. The van der Waals surface area contributed by atoms with Gasteiger partial charge in [0.15, 0.2) is 0 Å². The van der Waals surface area contributed by atoms with Crippen molar-refractivity contribution in [2.24, 2.45) is 5.92 Å². The Morgan fingerprint density at radius 3 is 2.50 bits per heavy atom. The van der Waals surface area contributed by atoms with Crippen LogP contribution in [0.15, 0.2) is 30.3 Å². The van der Waals surface area contributed by atoms with Gasteiger partial charge in [-0.15, -0.1) is 12.4 Å². The van der Waals surface area contributed by atoms with E-state index in [2.05, 4.69) is 56.3 Å². The number of halogens is 1. The van der Waals surface area contributed by atoms with E-state index in [4.69, 9.17) is 0 Å². The molecule has 2 nitrogen and oxygen atoms in total. The van der Waals surface area contributed by atoms with E-state index in [1.165, 1.54) is 12.0 Å². The average Bonchev–Trinajstić information content (AvgIpc) is 2.39. The third kappa shape index (κ3) is 3.75. The molecule has 0 saturated heterocycles. The first kappa shape index (κ1) is 17.5. The molecule has 1 aromatic rings. The van der Waals surface area contributed by atoms with Gasteiger partial charge in [-0.25, -0.2) is 0 Å². The summed E-state index contributed by atoms with van der Waals surface area (Å²) in [6.07, 6.45) is 4.42. The van der Waals surface area contributed by atoms with E-state index < -0.39 is 5.60 Å². The predicted octanol–water partition coefficient (Wildman–Crippen LogP) is 3.69. The monoisotopic (exact) mass is 297 g/mol. The van der Waals surface area contributed by atoms with Crippen molar-refractivity contribution < 1.29 is 5.11 Å². The molecule has 0 spiro atoms. The van der Waals surface area contributed by atoms with Crippen LogP contribution in [0.3, 0.4) is 0 Å². The van der Waals surface area contributed by atoms with Gasteiger partial charge < -0.3 is 10.0 Å². The van der Waals surface area contributed by atoms with E-state index in [9.17, 15) is 5.11 Å². The molecule has 0 heterocycles. The van der Waals surface area contributed by atoms with Crippen LogP contribution in [0.2, 0.25) is 0 Å². The lowest BCUT2D eigenvalue weighted by atomic mass is 9.66. The molecule has 0 aromatic heterocycles. The molecule has 0 bridgehead atoms. The largest absolute Gasteiger partial charge is 0.389 e. The Hall–Kier alpha value is -0.570. The molecule has 0 amide bonds. The summed E-state index contributed by atoms with van der Waals surface area (Å²) in [6, 6.07) is 10.6. The molecular formula is C17H28ClNO. The first-order valence-electron chi connectivity index (χ1n) is 7.46. The third-order valence-corrected chi connectivity index (χ3v) is 4.62. The van der Waals surface area contributed by atoms with Gasteiger partial charge in [-0.2, -0.15) is 0 Å². The highest BCUT2D eigenvalue weighted by Gasteiger charge is 2.43. The number of hydrogen-bond acceptors (Lipinski definition) is 2. The van der Waals surface area contributed by atoms with Crippen molar-refractivity contribution in [2.45, 2.75) is 44.1 Å². The lowest BCUT2D eigenvalue weighted by Crippen LogP contribution is -2.48. The lowest BCUT2D eigenvalue weighted by molar-refractivity contribution is -0.0677. The van der Waals surface area contributed by atoms with Crippen LogP contribution < -0.4 is 0 Å². The van der Waals surface area contributed by atoms with Crippen molar-refractivity contribution in [1.29, 1.82) is 0 Å². The van der Waals surface area contributed by atoms with Gasteiger partial charge in [0.05, 0.1) is 5.60 Å². The second-order valence-electron chi connectivity index (χ2n) is 6.36. The number of nitrogens with zero attached hydrogens (tertiary/aromatic N) is 1. The van der Waals surface area contributed by atoms with Crippen molar-refractivity contribution in [3.63, 3.8) is 0 Å². The van der Waals surface area contributed by atoms with Gasteiger partial charge in [-0.3, -0.25) is 0 Å². The van der Waals surface area contributed by atoms with Gasteiger partial charge in [-0.1, -0.05) is 50.1 Å². The Kier molecular flexibility index (Phi) is 6.50. The third-order valence-electron chi connectivity index (χ3n) is 4.62. The van der Waals surface area contributed by atoms with E-state index in [1.807, 2.05) is 0 Å². The first-order valence-corrected chi connectivity index (χ1v) is 7.46. The van der Waals surface area contributed by atoms with Crippen LogP contribution in [0.4, 0.5) is 0 Å².